The zero-order chi connectivity index (χ0) is 16.8. The predicted octanol–water partition coefficient (Wildman–Crippen LogP) is 3.02. The molecule has 1 aromatic rings. The third kappa shape index (κ3) is 4.81. The van der Waals surface area contributed by atoms with E-state index in [0.717, 1.165) is 12.1 Å². The molecule has 0 saturated heterocycles. The number of nitriles is 1. The van der Waals surface area contributed by atoms with Gasteiger partial charge in [0.2, 0.25) is 5.91 Å². The number of hydrogen-bond acceptors (Lipinski definition) is 3. The van der Waals surface area contributed by atoms with E-state index in [1.165, 1.54) is 17.0 Å². The number of hydrogen-bond donors (Lipinski definition) is 1. The lowest BCUT2D eigenvalue weighted by atomic mass is 10.1. The van der Waals surface area contributed by atoms with Crippen LogP contribution < -0.4 is 5.32 Å². The molecule has 0 fully saturated rings. The number of rotatable bonds is 6. The van der Waals surface area contributed by atoms with Crippen molar-refractivity contribution in [3.63, 3.8) is 0 Å². The average Bonchev–Trinajstić information content (AvgIpc) is 2.48. The number of halogens is 3. The van der Waals surface area contributed by atoms with E-state index < -0.39 is 17.3 Å². The number of likely N-dealkylation sites (N-methyl/N-ethyl adjacent to an activating group) is 1. The van der Waals surface area contributed by atoms with Gasteiger partial charge in [0.25, 0.3) is 0 Å². The first-order valence-electron chi connectivity index (χ1n) is 6.49. The summed E-state index contributed by atoms with van der Waals surface area (Å²) in [5.74, 6) is -0.250. The van der Waals surface area contributed by atoms with E-state index >= 15 is 0 Å². The Kier molecular flexibility index (Phi) is 5.99. The maximum absolute atomic E-state index is 12.8. The number of alkyl halides is 3. The first kappa shape index (κ1) is 17.6. The van der Waals surface area contributed by atoms with E-state index in [1.54, 1.807) is 13.1 Å². The molecule has 7 heteroatoms. The van der Waals surface area contributed by atoms with Crippen molar-refractivity contribution in [2.75, 3.05) is 25.5 Å². The van der Waals surface area contributed by atoms with Crippen molar-refractivity contribution >= 4 is 11.6 Å². The van der Waals surface area contributed by atoms with E-state index in [9.17, 15) is 18.0 Å². The second-order valence-electron chi connectivity index (χ2n) is 4.62. The number of nitrogens with one attached hydrogen (secondary N) is 1. The summed E-state index contributed by atoms with van der Waals surface area (Å²) in [7, 11) is 1.60. The summed E-state index contributed by atoms with van der Waals surface area (Å²) >= 11 is 0. The summed E-state index contributed by atoms with van der Waals surface area (Å²) < 4.78 is 38.5. The predicted molar refractivity (Wildman–Crippen MR) is 77.1 cm³/mol. The Morgan fingerprint density at radius 2 is 2.18 bits per heavy atom. The molecule has 118 valence electrons. The van der Waals surface area contributed by atoms with Gasteiger partial charge in [0.15, 0.2) is 0 Å². The number of carbonyl (C=O) groups is 1. The molecule has 1 N–H and O–H groups in total. The Hall–Kier alpha value is -2.49. The van der Waals surface area contributed by atoms with Crippen LogP contribution in [0.5, 0.6) is 0 Å². The molecule has 0 saturated carbocycles. The van der Waals surface area contributed by atoms with Crippen LogP contribution in [0.1, 0.15) is 17.5 Å². The molecular weight excluding hydrogens is 295 g/mol. The average molecular weight is 311 g/mol. The topological polar surface area (TPSA) is 56.1 Å². The molecule has 0 aliphatic carbocycles. The lowest BCUT2D eigenvalue weighted by molar-refractivity contribution is -0.137. The first-order valence-corrected chi connectivity index (χ1v) is 6.49. The number of anilines is 1. The highest BCUT2D eigenvalue weighted by Crippen LogP contribution is 2.33. The fourth-order valence-electron chi connectivity index (χ4n) is 1.71. The molecule has 22 heavy (non-hydrogen) atoms. The standard InChI is InChI=1S/C15H16F3N3O/c1-3-4-7-21(2)14(22)10-20-12-6-5-11(9-19)13(8-12)15(16,17)18/h3,5-6,8,20H,1,4,7,10H2,2H3. The van der Waals surface area contributed by atoms with Gasteiger partial charge in [-0.2, -0.15) is 18.4 Å². The largest absolute Gasteiger partial charge is 0.417 e. The molecule has 0 bridgehead atoms. The van der Waals surface area contributed by atoms with Gasteiger partial charge in [-0.3, -0.25) is 4.79 Å². The first-order chi connectivity index (χ1) is 10.3. The van der Waals surface area contributed by atoms with Crippen LogP contribution in [-0.2, 0) is 11.0 Å². The summed E-state index contributed by atoms with van der Waals surface area (Å²) in [5, 5.41) is 11.3. The van der Waals surface area contributed by atoms with Gasteiger partial charge in [0.05, 0.1) is 23.7 Å². The fourth-order valence-corrected chi connectivity index (χ4v) is 1.71. The van der Waals surface area contributed by atoms with Gasteiger partial charge in [0, 0.05) is 19.3 Å². The molecular formula is C15H16F3N3O. The zero-order valence-corrected chi connectivity index (χ0v) is 12.1. The van der Waals surface area contributed by atoms with Crippen molar-refractivity contribution in [3.05, 3.63) is 42.0 Å². The summed E-state index contributed by atoms with van der Waals surface area (Å²) in [6.45, 7) is 3.91. The Labute approximate surface area is 126 Å². The fraction of sp³-hybridized carbons (Fsp3) is 0.333. The van der Waals surface area contributed by atoms with Gasteiger partial charge < -0.3 is 10.2 Å². The van der Waals surface area contributed by atoms with Crippen molar-refractivity contribution in [3.8, 4) is 6.07 Å². The van der Waals surface area contributed by atoms with Gasteiger partial charge in [0.1, 0.15) is 0 Å². The Bertz CT molecular complexity index is 591. The molecule has 0 aromatic heterocycles. The van der Waals surface area contributed by atoms with E-state index in [2.05, 4.69) is 11.9 Å². The second kappa shape index (κ2) is 7.50. The normalized spacial score (nSPS) is 10.7. The maximum atomic E-state index is 12.8. The Morgan fingerprint density at radius 1 is 1.50 bits per heavy atom. The molecule has 0 aliphatic rings. The molecule has 1 aromatic carbocycles. The molecule has 0 atom stereocenters. The lowest BCUT2D eigenvalue weighted by Gasteiger charge is -2.17. The van der Waals surface area contributed by atoms with Crippen molar-refractivity contribution in [2.45, 2.75) is 12.6 Å². The molecule has 0 heterocycles. The van der Waals surface area contributed by atoms with Crippen LogP contribution in [-0.4, -0.2) is 30.9 Å². The van der Waals surface area contributed by atoms with E-state index in [0.29, 0.717) is 13.0 Å². The summed E-state index contributed by atoms with van der Waals surface area (Å²) in [6, 6.07) is 4.75. The van der Waals surface area contributed by atoms with Crippen LogP contribution in [0.15, 0.2) is 30.9 Å². The summed E-state index contributed by atoms with van der Waals surface area (Å²) in [4.78, 5) is 13.2. The smallest absolute Gasteiger partial charge is 0.376 e. The lowest BCUT2D eigenvalue weighted by Crippen LogP contribution is -2.32. The number of carbonyl (C=O) groups excluding carboxylic acids is 1. The van der Waals surface area contributed by atoms with Crippen molar-refractivity contribution < 1.29 is 18.0 Å². The Morgan fingerprint density at radius 3 is 2.73 bits per heavy atom. The molecule has 1 amide bonds. The van der Waals surface area contributed by atoms with E-state index in [-0.39, 0.29) is 18.1 Å². The van der Waals surface area contributed by atoms with E-state index in [4.69, 9.17) is 5.26 Å². The highest BCUT2D eigenvalue weighted by Gasteiger charge is 2.33. The molecule has 0 spiro atoms. The van der Waals surface area contributed by atoms with Crippen molar-refractivity contribution in [2.24, 2.45) is 0 Å². The monoisotopic (exact) mass is 311 g/mol. The maximum Gasteiger partial charge on any atom is 0.417 e. The van der Waals surface area contributed by atoms with Gasteiger partial charge >= 0.3 is 6.18 Å². The number of amides is 1. The van der Waals surface area contributed by atoms with Crippen molar-refractivity contribution in [1.29, 1.82) is 5.26 Å². The quantitative estimate of drug-likeness (QED) is 0.822. The molecule has 1 rings (SSSR count). The summed E-state index contributed by atoms with van der Waals surface area (Å²) in [6.07, 6.45) is -2.31. The van der Waals surface area contributed by atoms with Crippen LogP contribution in [0.4, 0.5) is 18.9 Å². The molecule has 0 radical (unpaired) electrons. The highest BCUT2D eigenvalue weighted by atomic mass is 19.4. The minimum absolute atomic E-state index is 0.128. The minimum atomic E-state index is -4.62. The number of benzene rings is 1. The third-order valence-corrected chi connectivity index (χ3v) is 2.98. The molecule has 0 aliphatic heterocycles. The third-order valence-electron chi connectivity index (χ3n) is 2.98. The number of nitrogens with zero attached hydrogens (tertiary/aromatic N) is 2. The van der Waals surface area contributed by atoms with Crippen LogP contribution >= 0.6 is 0 Å². The van der Waals surface area contributed by atoms with Crippen LogP contribution in [0.25, 0.3) is 0 Å². The van der Waals surface area contributed by atoms with Crippen LogP contribution in [0, 0.1) is 11.3 Å². The van der Waals surface area contributed by atoms with Gasteiger partial charge in [-0.25, -0.2) is 0 Å². The second-order valence-corrected chi connectivity index (χ2v) is 4.62. The van der Waals surface area contributed by atoms with Gasteiger partial charge in [-0.1, -0.05) is 6.08 Å². The van der Waals surface area contributed by atoms with Crippen LogP contribution in [0.3, 0.4) is 0 Å². The van der Waals surface area contributed by atoms with Crippen molar-refractivity contribution in [1.82, 2.24) is 4.90 Å². The van der Waals surface area contributed by atoms with Crippen LogP contribution in [0.2, 0.25) is 0 Å². The molecule has 0 unspecified atom stereocenters. The SMILES string of the molecule is C=CCCN(C)C(=O)CNc1ccc(C#N)c(C(F)(F)F)c1. The zero-order valence-electron chi connectivity index (χ0n) is 12.1. The summed E-state index contributed by atoms with van der Waals surface area (Å²) in [5.41, 5.74) is -1.34. The molecule has 4 nitrogen and oxygen atoms in total. The van der Waals surface area contributed by atoms with Gasteiger partial charge in [-0.15, -0.1) is 6.58 Å². The highest BCUT2D eigenvalue weighted by molar-refractivity contribution is 5.80. The minimum Gasteiger partial charge on any atom is -0.376 e. The van der Waals surface area contributed by atoms with Gasteiger partial charge in [-0.05, 0) is 24.6 Å². The van der Waals surface area contributed by atoms with E-state index in [1.807, 2.05) is 0 Å². The Balaban J connectivity index is 2.77.